The number of anilines is 1. The molecule has 1 aliphatic rings. The highest BCUT2D eigenvalue weighted by atomic mass is 19.4. The zero-order valence-corrected chi connectivity index (χ0v) is 17.5. The summed E-state index contributed by atoms with van der Waals surface area (Å²) < 4.78 is 63.7. The summed E-state index contributed by atoms with van der Waals surface area (Å²) in [6, 6.07) is 14.2. The molecule has 0 aliphatic carbocycles. The third-order valence-electron chi connectivity index (χ3n) is 4.99. The summed E-state index contributed by atoms with van der Waals surface area (Å²) in [5.41, 5.74) is 1.17. The van der Waals surface area contributed by atoms with Crippen LogP contribution in [0.1, 0.15) is 29.2 Å². The Labute approximate surface area is 187 Å². The molecule has 1 amide bonds. The fourth-order valence-electron chi connectivity index (χ4n) is 3.47. The van der Waals surface area contributed by atoms with Crippen LogP contribution in [0.5, 0.6) is 11.5 Å². The van der Waals surface area contributed by atoms with Crippen molar-refractivity contribution in [3.8, 4) is 11.5 Å². The fraction of sp³-hybridized carbons (Fsp3) is 0.160. The van der Waals surface area contributed by atoms with Gasteiger partial charge in [-0.1, -0.05) is 24.3 Å². The van der Waals surface area contributed by atoms with Gasteiger partial charge in [-0.15, -0.1) is 0 Å². The Morgan fingerprint density at radius 3 is 2.52 bits per heavy atom. The molecular weight excluding hydrogens is 438 g/mol. The topological polar surface area (TPSA) is 47.6 Å². The average Bonchev–Trinajstić information content (AvgIpc) is 3.07. The number of nitrogens with one attached hydrogen (secondary N) is 1. The number of ether oxygens (including phenoxy) is 2. The van der Waals surface area contributed by atoms with Crippen LogP contribution < -0.4 is 14.8 Å². The summed E-state index contributed by atoms with van der Waals surface area (Å²) in [5.74, 6) is 0.0120. The van der Waals surface area contributed by atoms with Crippen LogP contribution in [0, 0.1) is 5.82 Å². The first-order valence-corrected chi connectivity index (χ1v) is 10.1. The van der Waals surface area contributed by atoms with Crippen molar-refractivity contribution < 1.29 is 31.8 Å². The lowest BCUT2D eigenvalue weighted by atomic mass is 10.0. The van der Waals surface area contributed by atoms with Crippen LogP contribution in [0.4, 0.5) is 23.2 Å². The molecule has 3 aromatic carbocycles. The Morgan fingerprint density at radius 2 is 1.79 bits per heavy atom. The molecule has 0 atom stereocenters. The first-order valence-electron chi connectivity index (χ1n) is 10.1. The van der Waals surface area contributed by atoms with E-state index in [2.05, 4.69) is 5.32 Å². The van der Waals surface area contributed by atoms with Crippen LogP contribution in [-0.2, 0) is 17.6 Å². The van der Waals surface area contributed by atoms with Crippen LogP contribution >= 0.6 is 0 Å². The van der Waals surface area contributed by atoms with E-state index in [1.807, 2.05) is 0 Å². The molecule has 0 saturated carbocycles. The minimum atomic E-state index is -4.50. The van der Waals surface area contributed by atoms with Crippen LogP contribution in [0.15, 0.2) is 60.7 Å². The number of amides is 1. The predicted octanol–water partition coefficient (Wildman–Crippen LogP) is 6.31. The monoisotopic (exact) mass is 457 g/mol. The number of rotatable bonds is 6. The van der Waals surface area contributed by atoms with Gasteiger partial charge < -0.3 is 14.8 Å². The standard InChI is InChI=1S/C25H19F4NO3/c1-2-32-23-12-15(6-9-22(23)33-14-16-4-3-5-18(26)10-16)11-20-19-8-7-17(25(27,28)29)13-21(19)30-24(20)31/h3-13H,2,14H2,1H3,(H,30,31)/b20-11-. The molecule has 0 fully saturated rings. The van der Waals surface area contributed by atoms with Gasteiger partial charge in [0.2, 0.25) is 0 Å². The van der Waals surface area contributed by atoms with Gasteiger partial charge in [0.25, 0.3) is 5.91 Å². The van der Waals surface area contributed by atoms with E-state index in [1.165, 1.54) is 18.2 Å². The Hall–Kier alpha value is -3.81. The number of alkyl halides is 3. The smallest absolute Gasteiger partial charge is 0.416 e. The molecule has 0 aromatic heterocycles. The molecule has 0 saturated heterocycles. The molecule has 33 heavy (non-hydrogen) atoms. The van der Waals surface area contributed by atoms with Gasteiger partial charge in [0.05, 0.1) is 12.2 Å². The number of carbonyl (C=O) groups excluding carboxylic acids is 1. The number of benzene rings is 3. The van der Waals surface area contributed by atoms with Crippen molar-refractivity contribution in [3.05, 3.63) is 88.7 Å². The van der Waals surface area contributed by atoms with E-state index in [-0.39, 0.29) is 23.7 Å². The SMILES string of the molecule is CCOc1cc(/C=C2\C(=O)Nc3cc(C(F)(F)F)ccc32)ccc1OCc1cccc(F)c1. The van der Waals surface area contributed by atoms with E-state index >= 15 is 0 Å². The molecule has 3 aromatic rings. The van der Waals surface area contributed by atoms with Gasteiger partial charge in [0.15, 0.2) is 11.5 Å². The van der Waals surface area contributed by atoms with E-state index < -0.39 is 17.6 Å². The molecule has 4 nitrogen and oxygen atoms in total. The lowest BCUT2D eigenvalue weighted by Gasteiger charge is -2.13. The molecule has 170 valence electrons. The molecular formula is C25H19F4NO3. The van der Waals surface area contributed by atoms with Gasteiger partial charge in [-0.25, -0.2) is 4.39 Å². The lowest BCUT2D eigenvalue weighted by molar-refractivity contribution is -0.137. The third kappa shape index (κ3) is 5.00. The highest BCUT2D eigenvalue weighted by molar-refractivity contribution is 6.34. The zero-order valence-electron chi connectivity index (χ0n) is 17.5. The largest absolute Gasteiger partial charge is 0.490 e. The second kappa shape index (κ2) is 8.97. The summed E-state index contributed by atoms with van der Waals surface area (Å²) in [6.07, 6.45) is -2.92. The zero-order chi connectivity index (χ0) is 23.6. The summed E-state index contributed by atoms with van der Waals surface area (Å²) in [5, 5.41) is 2.48. The Morgan fingerprint density at radius 1 is 0.970 bits per heavy atom. The summed E-state index contributed by atoms with van der Waals surface area (Å²) in [7, 11) is 0. The highest BCUT2D eigenvalue weighted by Crippen LogP contribution is 2.39. The van der Waals surface area contributed by atoms with Gasteiger partial charge in [0, 0.05) is 16.8 Å². The van der Waals surface area contributed by atoms with Crippen molar-refractivity contribution in [2.24, 2.45) is 0 Å². The minimum Gasteiger partial charge on any atom is -0.490 e. The molecule has 0 bridgehead atoms. The molecule has 8 heteroatoms. The molecule has 0 spiro atoms. The van der Waals surface area contributed by atoms with Crippen molar-refractivity contribution in [3.63, 3.8) is 0 Å². The molecule has 0 radical (unpaired) electrons. The van der Waals surface area contributed by atoms with Gasteiger partial charge in [0.1, 0.15) is 12.4 Å². The molecule has 0 unspecified atom stereocenters. The maximum atomic E-state index is 13.4. The van der Waals surface area contributed by atoms with Crippen LogP contribution in [0.2, 0.25) is 0 Å². The normalized spacial score (nSPS) is 14.2. The van der Waals surface area contributed by atoms with E-state index in [0.717, 1.165) is 12.1 Å². The quantitative estimate of drug-likeness (QED) is 0.348. The van der Waals surface area contributed by atoms with Crippen LogP contribution in [0.3, 0.4) is 0 Å². The molecule has 4 rings (SSSR count). The van der Waals surface area contributed by atoms with Crippen molar-refractivity contribution in [1.29, 1.82) is 0 Å². The molecule has 1 N–H and O–H groups in total. The Bertz CT molecular complexity index is 1230. The number of hydrogen-bond acceptors (Lipinski definition) is 3. The first-order chi connectivity index (χ1) is 15.7. The maximum Gasteiger partial charge on any atom is 0.416 e. The fourth-order valence-corrected chi connectivity index (χ4v) is 3.47. The summed E-state index contributed by atoms with van der Waals surface area (Å²) in [6.45, 7) is 2.30. The van der Waals surface area contributed by atoms with E-state index in [0.29, 0.717) is 34.8 Å². The predicted molar refractivity (Wildman–Crippen MR) is 116 cm³/mol. The van der Waals surface area contributed by atoms with Crippen molar-refractivity contribution in [2.75, 3.05) is 11.9 Å². The first kappa shape index (κ1) is 22.4. The number of hydrogen-bond donors (Lipinski definition) is 1. The van der Waals surface area contributed by atoms with Crippen molar-refractivity contribution >= 4 is 23.2 Å². The van der Waals surface area contributed by atoms with Crippen LogP contribution in [-0.4, -0.2) is 12.5 Å². The van der Waals surface area contributed by atoms with Crippen molar-refractivity contribution in [1.82, 2.24) is 0 Å². The minimum absolute atomic E-state index is 0.112. The summed E-state index contributed by atoms with van der Waals surface area (Å²) >= 11 is 0. The number of halogens is 4. The van der Waals surface area contributed by atoms with Gasteiger partial charge in [-0.05, 0) is 60.5 Å². The average molecular weight is 457 g/mol. The van der Waals surface area contributed by atoms with Gasteiger partial charge in [-0.3, -0.25) is 4.79 Å². The number of carbonyl (C=O) groups is 1. The molecule has 1 aliphatic heterocycles. The van der Waals surface area contributed by atoms with Crippen molar-refractivity contribution in [2.45, 2.75) is 19.7 Å². The Kier molecular flexibility index (Phi) is 6.09. The lowest BCUT2D eigenvalue weighted by Crippen LogP contribution is -2.06. The van der Waals surface area contributed by atoms with Crippen LogP contribution in [0.25, 0.3) is 11.6 Å². The van der Waals surface area contributed by atoms with E-state index in [9.17, 15) is 22.4 Å². The number of fused-ring (bicyclic) bond motifs is 1. The Balaban J connectivity index is 1.61. The van der Waals surface area contributed by atoms with E-state index in [1.54, 1.807) is 43.3 Å². The summed E-state index contributed by atoms with van der Waals surface area (Å²) in [4.78, 5) is 12.4. The second-order valence-corrected chi connectivity index (χ2v) is 7.33. The maximum absolute atomic E-state index is 13.4. The van der Waals surface area contributed by atoms with E-state index in [4.69, 9.17) is 9.47 Å². The second-order valence-electron chi connectivity index (χ2n) is 7.33. The highest BCUT2D eigenvalue weighted by Gasteiger charge is 2.33. The third-order valence-corrected chi connectivity index (χ3v) is 4.99. The van der Waals surface area contributed by atoms with Gasteiger partial charge >= 0.3 is 6.18 Å². The van der Waals surface area contributed by atoms with Gasteiger partial charge in [-0.2, -0.15) is 13.2 Å². The molecule has 1 heterocycles.